The lowest BCUT2D eigenvalue weighted by Gasteiger charge is -2.37. The topological polar surface area (TPSA) is 49.6 Å². The van der Waals surface area contributed by atoms with Crippen LogP contribution in [-0.2, 0) is 12.7 Å². The number of pyridine rings is 1. The zero-order valence-electron chi connectivity index (χ0n) is 15.0. The van der Waals surface area contributed by atoms with Crippen LogP contribution in [0.4, 0.5) is 23.7 Å². The third kappa shape index (κ3) is 3.81. The van der Waals surface area contributed by atoms with Gasteiger partial charge in [-0.1, -0.05) is 6.07 Å². The number of nitrogens with one attached hydrogen (secondary N) is 1. The molecule has 2 aromatic heterocycles. The summed E-state index contributed by atoms with van der Waals surface area (Å²) in [6.07, 6.45) is 1.90. The number of anilines is 1. The van der Waals surface area contributed by atoms with Gasteiger partial charge in [0.25, 0.3) is 0 Å². The monoisotopic (exact) mass is 388 g/mol. The summed E-state index contributed by atoms with van der Waals surface area (Å²) in [7, 11) is 0. The molecule has 2 amide bonds. The first kappa shape index (κ1) is 18.3. The summed E-state index contributed by atoms with van der Waals surface area (Å²) in [5.74, 6) is 0. The van der Waals surface area contributed by atoms with Crippen molar-refractivity contribution in [1.29, 1.82) is 0 Å². The predicted molar refractivity (Wildman–Crippen MR) is 98.8 cm³/mol. The van der Waals surface area contributed by atoms with Crippen LogP contribution < -0.4 is 5.32 Å². The van der Waals surface area contributed by atoms with Gasteiger partial charge < -0.3 is 10.2 Å². The minimum atomic E-state index is -4.45. The van der Waals surface area contributed by atoms with Crippen molar-refractivity contribution in [3.63, 3.8) is 0 Å². The summed E-state index contributed by atoms with van der Waals surface area (Å²) < 4.78 is 40.5. The molecule has 0 spiro atoms. The molecule has 1 aromatic carbocycles. The van der Waals surface area contributed by atoms with Crippen molar-refractivity contribution in [2.24, 2.45) is 0 Å². The second-order valence-corrected chi connectivity index (χ2v) is 6.96. The number of urea groups is 1. The average molecular weight is 388 g/mol. The molecule has 0 radical (unpaired) electrons. The number of nitrogens with zero attached hydrogens (tertiary/aromatic N) is 3. The van der Waals surface area contributed by atoms with Crippen molar-refractivity contribution in [2.45, 2.75) is 38.0 Å². The fourth-order valence-electron chi connectivity index (χ4n) is 3.30. The van der Waals surface area contributed by atoms with E-state index < -0.39 is 17.8 Å². The van der Waals surface area contributed by atoms with Crippen LogP contribution in [0.25, 0.3) is 5.52 Å². The molecule has 2 heterocycles. The van der Waals surface area contributed by atoms with Gasteiger partial charge in [-0.15, -0.1) is 0 Å². The first-order valence-corrected chi connectivity index (χ1v) is 9.07. The third-order valence-corrected chi connectivity index (χ3v) is 5.03. The number of carbonyl (C=O) groups excluding carboxylic acids is 1. The lowest BCUT2D eigenvalue weighted by atomic mass is 9.91. The minimum Gasteiger partial charge on any atom is -0.317 e. The highest BCUT2D eigenvalue weighted by atomic mass is 19.4. The molecular weight excluding hydrogens is 369 g/mol. The number of alkyl halides is 3. The summed E-state index contributed by atoms with van der Waals surface area (Å²) in [6.45, 7) is 0.386. The Labute approximate surface area is 159 Å². The van der Waals surface area contributed by atoms with Crippen LogP contribution in [-0.4, -0.2) is 26.6 Å². The van der Waals surface area contributed by atoms with E-state index in [0.717, 1.165) is 42.5 Å². The maximum atomic E-state index is 12.9. The van der Waals surface area contributed by atoms with Crippen molar-refractivity contribution in [3.8, 4) is 0 Å². The molecular formula is C20H19F3N4O. The van der Waals surface area contributed by atoms with Crippen LogP contribution in [0, 0.1) is 0 Å². The Morgan fingerprint density at radius 1 is 1.21 bits per heavy atom. The molecule has 1 aliphatic rings. The molecule has 28 heavy (non-hydrogen) atoms. The standard InChI is InChI=1S/C20H19F3N4O/c21-20(22,23)15-3-1-4-16(12-15)25-19(28)26(17-5-2-6-17)13-14-8-10-27-18(11-14)7-9-24-27/h1,3-4,7-12,17H,2,5-6,13H2,(H,25,28). The smallest absolute Gasteiger partial charge is 0.317 e. The van der Waals surface area contributed by atoms with Gasteiger partial charge in [0.1, 0.15) is 0 Å². The van der Waals surface area contributed by atoms with E-state index in [-0.39, 0.29) is 11.7 Å². The van der Waals surface area contributed by atoms with E-state index in [1.165, 1.54) is 12.1 Å². The highest BCUT2D eigenvalue weighted by molar-refractivity contribution is 5.89. The van der Waals surface area contributed by atoms with Gasteiger partial charge in [-0.2, -0.15) is 18.3 Å². The molecule has 0 unspecified atom stereocenters. The number of hydrogen-bond acceptors (Lipinski definition) is 2. The maximum Gasteiger partial charge on any atom is 0.416 e. The minimum absolute atomic E-state index is 0.0898. The van der Waals surface area contributed by atoms with Crippen molar-refractivity contribution < 1.29 is 18.0 Å². The Morgan fingerprint density at radius 3 is 2.75 bits per heavy atom. The van der Waals surface area contributed by atoms with Crippen LogP contribution in [0.15, 0.2) is 54.9 Å². The Bertz CT molecular complexity index is 994. The quantitative estimate of drug-likeness (QED) is 0.688. The number of benzene rings is 1. The first-order valence-electron chi connectivity index (χ1n) is 9.07. The Balaban J connectivity index is 1.53. The van der Waals surface area contributed by atoms with Crippen molar-refractivity contribution in [1.82, 2.24) is 14.5 Å². The molecule has 4 rings (SSSR count). The van der Waals surface area contributed by atoms with Crippen LogP contribution >= 0.6 is 0 Å². The van der Waals surface area contributed by atoms with E-state index in [9.17, 15) is 18.0 Å². The highest BCUT2D eigenvalue weighted by Crippen LogP contribution is 2.31. The summed E-state index contributed by atoms with van der Waals surface area (Å²) in [4.78, 5) is 14.5. The Morgan fingerprint density at radius 2 is 2.04 bits per heavy atom. The number of aromatic nitrogens is 2. The van der Waals surface area contributed by atoms with E-state index in [0.29, 0.717) is 6.54 Å². The third-order valence-electron chi connectivity index (χ3n) is 5.03. The Kier molecular flexibility index (Phi) is 4.70. The van der Waals surface area contributed by atoms with Crippen molar-refractivity contribution >= 4 is 17.2 Å². The molecule has 146 valence electrons. The van der Waals surface area contributed by atoms with Crippen molar-refractivity contribution in [2.75, 3.05) is 5.32 Å². The molecule has 1 saturated carbocycles. The number of halogens is 3. The Hall–Kier alpha value is -3.03. The van der Waals surface area contributed by atoms with Gasteiger partial charge in [-0.05, 0) is 61.2 Å². The lowest BCUT2D eigenvalue weighted by molar-refractivity contribution is -0.137. The summed E-state index contributed by atoms with van der Waals surface area (Å²) in [5.41, 5.74) is 1.21. The SMILES string of the molecule is O=C(Nc1cccc(C(F)(F)F)c1)N(Cc1ccn2nccc2c1)C1CCC1. The number of rotatable bonds is 4. The first-order chi connectivity index (χ1) is 13.4. The summed E-state index contributed by atoms with van der Waals surface area (Å²) >= 11 is 0. The zero-order valence-corrected chi connectivity index (χ0v) is 15.0. The molecule has 0 saturated heterocycles. The van der Waals surface area contributed by atoms with Gasteiger partial charge >= 0.3 is 12.2 Å². The number of amides is 2. The van der Waals surface area contributed by atoms with Crippen molar-refractivity contribution in [3.05, 3.63) is 66.0 Å². The second kappa shape index (κ2) is 7.18. The van der Waals surface area contributed by atoms with Gasteiger partial charge in [-0.25, -0.2) is 9.31 Å². The average Bonchev–Trinajstić information content (AvgIpc) is 3.07. The second-order valence-electron chi connectivity index (χ2n) is 6.96. The normalized spacial score (nSPS) is 14.7. The highest BCUT2D eigenvalue weighted by Gasteiger charge is 2.32. The molecule has 1 fully saturated rings. The van der Waals surface area contributed by atoms with Gasteiger partial charge in [0.15, 0.2) is 0 Å². The van der Waals surface area contributed by atoms with E-state index in [1.54, 1.807) is 15.6 Å². The molecule has 0 aliphatic heterocycles. The molecule has 1 N–H and O–H groups in total. The lowest BCUT2D eigenvalue weighted by Crippen LogP contribution is -2.45. The van der Waals surface area contributed by atoms with Gasteiger partial charge in [-0.3, -0.25) is 0 Å². The largest absolute Gasteiger partial charge is 0.416 e. The zero-order chi connectivity index (χ0) is 19.7. The van der Waals surface area contributed by atoms with E-state index in [1.807, 2.05) is 24.4 Å². The van der Waals surface area contributed by atoms with E-state index >= 15 is 0 Å². The number of fused-ring (bicyclic) bond motifs is 1. The van der Waals surface area contributed by atoms with E-state index in [2.05, 4.69) is 10.4 Å². The molecule has 0 atom stereocenters. The molecule has 0 bridgehead atoms. The predicted octanol–water partition coefficient (Wildman–Crippen LogP) is 4.94. The van der Waals surface area contributed by atoms with Crippen LogP contribution in [0.3, 0.4) is 0 Å². The van der Waals surface area contributed by atoms with Gasteiger partial charge in [0.2, 0.25) is 0 Å². The molecule has 5 nitrogen and oxygen atoms in total. The maximum absolute atomic E-state index is 12.9. The fourth-order valence-corrected chi connectivity index (χ4v) is 3.30. The molecule has 1 aliphatic carbocycles. The van der Waals surface area contributed by atoms with Crippen LogP contribution in [0.5, 0.6) is 0 Å². The van der Waals surface area contributed by atoms with E-state index in [4.69, 9.17) is 0 Å². The number of carbonyl (C=O) groups is 1. The summed E-state index contributed by atoms with van der Waals surface area (Å²) in [6, 6.07) is 10.1. The van der Waals surface area contributed by atoms with Gasteiger partial charge in [0.05, 0.1) is 11.1 Å². The van der Waals surface area contributed by atoms with Crippen LogP contribution in [0.1, 0.15) is 30.4 Å². The number of hydrogen-bond donors (Lipinski definition) is 1. The molecule has 8 heteroatoms. The fraction of sp³-hybridized carbons (Fsp3) is 0.300. The molecule has 3 aromatic rings. The van der Waals surface area contributed by atoms with Crippen LogP contribution in [0.2, 0.25) is 0 Å². The van der Waals surface area contributed by atoms with Gasteiger partial charge in [0, 0.05) is 30.7 Å². The summed E-state index contributed by atoms with van der Waals surface area (Å²) in [5, 5.41) is 6.78.